The van der Waals surface area contributed by atoms with E-state index in [4.69, 9.17) is 23.4 Å². The highest BCUT2D eigenvalue weighted by atomic mass is 16.7. The molecule has 0 radical (unpaired) electrons. The number of ether oxygens (including phenoxy) is 4. The molecular weight excluding hydrogens is 422 g/mol. The molecule has 0 aliphatic carbocycles. The van der Waals surface area contributed by atoms with Gasteiger partial charge in [-0.1, -0.05) is 30.3 Å². The molecule has 33 heavy (non-hydrogen) atoms. The minimum atomic E-state index is -1.31. The summed E-state index contributed by atoms with van der Waals surface area (Å²) in [6.07, 6.45) is 1.46. The summed E-state index contributed by atoms with van der Waals surface area (Å²) in [5.74, 6) is 0.594. The molecule has 1 aromatic heterocycles. The van der Waals surface area contributed by atoms with E-state index in [0.717, 1.165) is 34.8 Å². The van der Waals surface area contributed by atoms with Crippen LogP contribution in [0, 0.1) is 12.8 Å². The van der Waals surface area contributed by atoms with Crippen LogP contribution in [0.2, 0.25) is 0 Å². The van der Waals surface area contributed by atoms with E-state index in [1.807, 2.05) is 61.5 Å². The topological polar surface area (TPSA) is 80.0 Å². The maximum atomic E-state index is 11.8. The normalized spacial score (nSPS) is 20.4. The summed E-state index contributed by atoms with van der Waals surface area (Å²) < 4.78 is 27.7. The molecule has 1 fully saturated rings. The smallest absolute Gasteiger partial charge is 0.366 e. The molecule has 4 rings (SSSR count). The predicted molar refractivity (Wildman–Crippen MR) is 122 cm³/mol. The van der Waals surface area contributed by atoms with Crippen LogP contribution in [0.25, 0.3) is 11.5 Å². The first-order valence-corrected chi connectivity index (χ1v) is 11.1. The third-order valence-electron chi connectivity index (χ3n) is 5.71. The molecule has 0 saturated carbocycles. The van der Waals surface area contributed by atoms with Crippen LogP contribution >= 0.6 is 0 Å². The Kier molecular flexibility index (Phi) is 7.11. The standard InChI is InChI=1S/C26H29NO6/c1-18-23(27-24(33-18)21-7-5-4-6-8-21)13-14-30-22-11-9-19(10-12-22)15-20-16-31-26(2,32-17-20)25(28)29-3/h4-12,20H,13-17H2,1-3H3/t20-,26-. The number of hydrogen-bond acceptors (Lipinski definition) is 7. The fraction of sp³-hybridized carbons (Fsp3) is 0.385. The zero-order valence-electron chi connectivity index (χ0n) is 19.2. The van der Waals surface area contributed by atoms with Crippen molar-refractivity contribution < 1.29 is 28.2 Å². The summed E-state index contributed by atoms with van der Waals surface area (Å²) in [5, 5.41) is 0. The van der Waals surface area contributed by atoms with Crippen molar-refractivity contribution in [1.29, 1.82) is 0 Å². The molecule has 2 heterocycles. The Hall–Kier alpha value is -3.16. The van der Waals surface area contributed by atoms with Gasteiger partial charge in [-0.3, -0.25) is 0 Å². The van der Waals surface area contributed by atoms with Gasteiger partial charge in [0.1, 0.15) is 11.5 Å². The molecule has 1 aliphatic heterocycles. The van der Waals surface area contributed by atoms with Gasteiger partial charge in [-0.25, -0.2) is 9.78 Å². The van der Waals surface area contributed by atoms with E-state index in [9.17, 15) is 4.79 Å². The zero-order chi connectivity index (χ0) is 23.3. The van der Waals surface area contributed by atoms with Crippen LogP contribution in [0.3, 0.4) is 0 Å². The summed E-state index contributed by atoms with van der Waals surface area (Å²) in [6, 6.07) is 17.9. The van der Waals surface area contributed by atoms with E-state index in [2.05, 4.69) is 4.98 Å². The Balaban J connectivity index is 1.25. The maximum absolute atomic E-state index is 11.8. The van der Waals surface area contributed by atoms with Crippen molar-refractivity contribution in [3.05, 3.63) is 71.6 Å². The van der Waals surface area contributed by atoms with Crippen LogP contribution in [0.5, 0.6) is 5.75 Å². The number of rotatable bonds is 8. The Morgan fingerprint density at radius 1 is 1.09 bits per heavy atom. The van der Waals surface area contributed by atoms with E-state index in [0.29, 0.717) is 32.1 Å². The zero-order valence-corrected chi connectivity index (χ0v) is 19.2. The van der Waals surface area contributed by atoms with Gasteiger partial charge in [-0.15, -0.1) is 0 Å². The molecule has 0 atom stereocenters. The van der Waals surface area contributed by atoms with Crippen molar-refractivity contribution in [2.75, 3.05) is 26.9 Å². The molecule has 0 N–H and O–H groups in total. The van der Waals surface area contributed by atoms with E-state index < -0.39 is 11.8 Å². The van der Waals surface area contributed by atoms with Gasteiger partial charge in [0, 0.05) is 24.8 Å². The molecule has 1 saturated heterocycles. The van der Waals surface area contributed by atoms with Crippen LogP contribution in [0.15, 0.2) is 59.0 Å². The third kappa shape index (κ3) is 5.61. The molecule has 0 unspecified atom stereocenters. The van der Waals surface area contributed by atoms with Gasteiger partial charge in [0.25, 0.3) is 5.79 Å². The van der Waals surface area contributed by atoms with E-state index in [1.165, 1.54) is 7.11 Å². The van der Waals surface area contributed by atoms with Crippen molar-refractivity contribution in [1.82, 2.24) is 4.98 Å². The number of benzene rings is 2. The molecule has 7 heteroatoms. The Bertz CT molecular complexity index is 1050. The monoisotopic (exact) mass is 451 g/mol. The van der Waals surface area contributed by atoms with Crippen LogP contribution < -0.4 is 4.74 Å². The highest BCUT2D eigenvalue weighted by molar-refractivity contribution is 5.77. The predicted octanol–water partition coefficient (Wildman–Crippen LogP) is 4.37. The number of aryl methyl sites for hydroxylation is 1. The summed E-state index contributed by atoms with van der Waals surface area (Å²) >= 11 is 0. The number of esters is 1. The second-order valence-corrected chi connectivity index (χ2v) is 8.26. The van der Waals surface area contributed by atoms with Gasteiger partial charge < -0.3 is 23.4 Å². The fourth-order valence-electron chi connectivity index (χ4n) is 3.75. The number of oxazole rings is 1. The van der Waals surface area contributed by atoms with Crippen LogP contribution in [0.4, 0.5) is 0 Å². The minimum absolute atomic E-state index is 0.170. The molecule has 0 amide bonds. The van der Waals surface area contributed by atoms with E-state index in [1.54, 1.807) is 6.92 Å². The first-order chi connectivity index (χ1) is 16.0. The molecule has 1 aliphatic rings. The summed E-state index contributed by atoms with van der Waals surface area (Å²) in [7, 11) is 1.32. The third-order valence-corrected chi connectivity index (χ3v) is 5.71. The Morgan fingerprint density at radius 3 is 2.45 bits per heavy atom. The lowest BCUT2D eigenvalue weighted by molar-refractivity contribution is -0.272. The highest BCUT2D eigenvalue weighted by Crippen LogP contribution is 2.26. The summed E-state index contributed by atoms with van der Waals surface area (Å²) in [5.41, 5.74) is 3.02. The van der Waals surface area contributed by atoms with Gasteiger partial charge >= 0.3 is 5.97 Å². The minimum Gasteiger partial charge on any atom is -0.493 e. The van der Waals surface area contributed by atoms with Crippen LogP contribution in [0.1, 0.15) is 23.9 Å². The van der Waals surface area contributed by atoms with Crippen LogP contribution in [-0.2, 0) is 31.8 Å². The number of hydrogen-bond donors (Lipinski definition) is 0. The van der Waals surface area contributed by atoms with E-state index in [-0.39, 0.29) is 5.92 Å². The first-order valence-electron chi connectivity index (χ1n) is 11.1. The Morgan fingerprint density at radius 2 is 1.79 bits per heavy atom. The molecule has 174 valence electrons. The molecular formula is C26H29NO6. The van der Waals surface area contributed by atoms with Gasteiger partial charge in [-0.05, 0) is 43.2 Å². The van der Waals surface area contributed by atoms with Crippen molar-refractivity contribution in [2.24, 2.45) is 5.92 Å². The summed E-state index contributed by atoms with van der Waals surface area (Å²) in [4.78, 5) is 16.4. The maximum Gasteiger partial charge on any atom is 0.366 e. The van der Waals surface area contributed by atoms with E-state index >= 15 is 0 Å². The van der Waals surface area contributed by atoms with Gasteiger partial charge in [0.05, 0.1) is 32.6 Å². The quantitative estimate of drug-likeness (QED) is 0.471. The average Bonchev–Trinajstić information content (AvgIpc) is 3.22. The molecule has 2 aromatic carbocycles. The van der Waals surface area contributed by atoms with Crippen molar-refractivity contribution in [3.63, 3.8) is 0 Å². The van der Waals surface area contributed by atoms with Crippen molar-refractivity contribution in [3.8, 4) is 17.2 Å². The number of methoxy groups -OCH3 is 1. The Labute approximate surface area is 193 Å². The fourth-order valence-corrected chi connectivity index (χ4v) is 3.75. The largest absolute Gasteiger partial charge is 0.493 e. The lowest BCUT2D eigenvalue weighted by Gasteiger charge is -2.35. The number of carbonyl (C=O) groups excluding carboxylic acids is 1. The second-order valence-electron chi connectivity index (χ2n) is 8.26. The number of nitrogens with zero attached hydrogens (tertiary/aromatic N) is 1. The highest BCUT2D eigenvalue weighted by Gasteiger charge is 2.41. The van der Waals surface area contributed by atoms with Gasteiger partial charge in [0.15, 0.2) is 0 Å². The van der Waals surface area contributed by atoms with Crippen LogP contribution in [-0.4, -0.2) is 43.7 Å². The average molecular weight is 452 g/mol. The van der Waals surface area contributed by atoms with Crippen molar-refractivity contribution >= 4 is 5.97 Å². The number of carbonyl (C=O) groups is 1. The lowest BCUT2D eigenvalue weighted by atomic mass is 9.99. The molecule has 0 spiro atoms. The number of aromatic nitrogens is 1. The van der Waals surface area contributed by atoms with Gasteiger partial charge in [-0.2, -0.15) is 0 Å². The second kappa shape index (κ2) is 10.2. The van der Waals surface area contributed by atoms with Gasteiger partial charge in [0.2, 0.25) is 5.89 Å². The molecule has 7 nitrogen and oxygen atoms in total. The first kappa shape index (κ1) is 23.0. The SMILES string of the molecule is COC(=O)[C@]1(C)OC[C@@H](Cc2ccc(OCCc3nc(-c4ccccc4)oc3C)cc2)CO1. The molecule has 0 bridgehead atoms. The molecule has 3 aromatic rings. The van der Waals surface area contributed by atoms with Crippen molar-refractivity contribution in [2.45, 2.75) is 32.5 Å². The summed E-state index contributed by atoms with van der Waals surface area (Å²) in [6.45, 7) is 4.90. The lowest BCUT2D eigenvalue weighted by Crippen LogP contribution is -2.48.